The number of carbonyl (C=O) groups excluding carboxylic acids is 2. The maximum atomic E-state index is 12.8. The van der Waals surface area contributed by atoms with Crippen LogP contribution in [0.1, 0.15) is 232 Å². The number of allylic oxidation sites excluding steroid dienone is 4. The maximum absolute atomic E-state index is 12.8. The fourth-order valence-electron chi connectivity index (χ4n) is 8.08. The lowest BCUT2D eigenvalue weighted by atomic mass is 9.85. The molecule has 1 aliphatic rings. The summed E-state index contributed by atoms with van der Waals surface area (Å²) in [7, 11) is -5.13. The van der Waals surface area contributed by atoms with Gasteiger partial charge in [0, 0.05) is 12.8 Å². The molecule has 0 bridgehead atoms. The van der Waals surface area contributed by atoms with Crippen LogP contribution in [-0.4, -0.2) is 98.3 Å². The first-order valence-electron chi connectivity index (χ1n) is 26.1. The van der Waals surface area contributed by atoms with E-state index in [-0.39, 0.29) is 12.8 Å². The zero-order valence-electron chi connectivity index (χ0n) is 40.8. The Morgan fingerprint density at radius 2 is 0.831 bits per heavy atom. The molecule has 65 heavy (non-hydrogen) atoms. The number of aliphatic hydroxyl groups excluding tert-OH is 5. The second-order valence-corrected chi connectivity index (χ2v) is 19.8. The van der Waals surface area contributed by atoms with E-state index in [2.05, 4.69) is 38.2 Å². The highest BCUT2D eigenvalue weighted by Crippen LogP contribution is 2.47. The number of hydrogen-bond acceptors (Lipinski definition) is 12. The number of phosphoric acid groups is 1. The van der Waals surface area contributed by atoms with Crippen molar-refractivity contribution in [1.82, 2.24) is 0 Å². The van der Waals surface area contributed by atoms with E-state index >= 15 is 0 Å². The summed E-state index contributed by atoms with van der Waals surface area (Å²) in [6, 6.07) is 0. The molecule has 0 aromatic heterocycles. The number of aliphatic hydroxyl groups is 5. The van der Waals surface area contributed by atoms with Crippen molar-refractivity contribution in [3.8, 4) is 0 Å². The summed E-state index contributed by atoms with van der Waals surface area (Å²) < 4.78 is 33.6. The lowest BCUT2D eigenvalue weighted by Gasteiger charge is -2.41. The number of rotatable bonds is 44. The number of unbranched alkanes of at least 4 members (excludes halogenated alkanes) is 28. The van der Waals surface area contributed by atoms with Gasteiger partial charge < -0.3 is 39.9 Å². The summed E-state index contributed by atoms with van der Waals surface area (Å²) in [5.74, 6) is -1.13. The minimum absolute atomic E-state index is 0.0573. The lowest BCUT2D eigenvalue weighted by Crippen LogP contribution is -2.64. The molecule has 1 saturated carbocycles. The van der Waals surface area contributed by atoms with Gasteiger partial charge in [-0.15, -0.1) is 0 Å². The molecule has 14 heteroatoms. The van der Waals surface area contributed by atoms with E-state index in [1.54, 1.807) is 0 Å². The number of ether oxygens (including phenoxy) is 2. The Morgan fingerprint density at radius 1 is 0.477 bits per heavy atom. The second-order valence-electron chi connectivity index (χ2n) is 18.4. The topological polar surface area (TPSA) is 210 Å². The highest BCUT2D eigenvalue weighted by Gasteiger charge is 2.51. The van der Waals surface area contributed by atoms with Crippen LogP contribution in [0.5, 0.6) is 0 Å². The van der Waals surface area contributed by atoms with Crippen LogP contribution in [0, 0.1) is 0 Å². The lowest BCUT2D eigenvalue weighted by molar-refractivity contribution is -0.220. The van der Waals surface area contributed by atoms with Crippen molar-refractivity contribution in [3.05, 3.63) is 24.3 Å². The van der Waals surface area contributed by atoms with Crippen molar-refractivity contribution in [2.75, 3.05) is 13.2 Å². The summed E-state index contributed by atoms with van der Waals surface area (Å²) in [4.78, 5) is 35.8. The van der Waals surface area contributed by atoms with Gasteiger partial charge in [-0.1, -0.05) is 199 Å². The first-order chi connectivity index (χ1) is 31.4. The standard InChI is InChI=1S/C51H95O13P/c1-3-5-7-9-11-13-15-17-19-20-21-22-23-24-26-27-29-31-33-35-37-39-44(52)61-41-43(42-62-65(59,60)64-51-49(57)47(55)46(54)48(56)50(51)58)63-45(53)40-38-36-34-32-30-28-25-18-16-14-12-10-8-6-4-2/h18,25,30,32,43,46-51,54-58H,3-17,19-24,26-29,31,33-42H2,1-2H3,(H,59,60)/b25-18+,32-30+/t43-,46?,47-,48?,49?,50?,51?/m0/s1. The number of phosphoric ester groups is 1. The predicted molar refractivity (Wildman–Crippen MR) is 258 cm³/mol. The molecule has 1 aliphatic carbocycles. The normalized spacial score (nSPS) is 21.5. The number of carbonyl (C=O) groups is 2. The third-order valence-corrected chi connectivity index (χ3v) is 13.3. The van der Waals surface area contributed by atoms with E-state index in [4.69, 9.17) is 18.5 Å². The van der Waals surface area contributed by atoms with Gasteiger partial charge in [-0.2, -0.15) is 0 Å². The van der Waals surface area contributed by atoms with Crippen LogP contribution in [-0.2, 0) is 32.7 Å². The van der Waals surface area contributed by atoms with Gasteiger partial charge in [-0.3, -0.25) is 18.6 Å². The van der Waals surface area contributed by atoms with Crippen molar-refractivity contribution in [1.29, 1.82) is 0 Å². The summed E-state index contributed by atoms with van der Waals surface area (Å²) in [6.07, 6.45) is 33.8. The van der Waals surface area contributed by atoms with Crippen molar-refractivity contribution < 1.29 is 63.1 Å². The Balaban J connectivity index is 2.38. The second kappa shape index (κ2) is 41.3. The van der Waals surface area contributed by atoms with Crippen LogP contribution in [0.3, 0.4) is 0 Å². The monoisotopic (exact) mass is 947 g/mol. The first kappa shape index (κ1) is 61.3. The van der Waals surface area contributed by atoms with Crippen molar-refractivity contribution in [2.24, 2.45) is 0 Å². The fraction of sp³-hybridized carbons (Fsp3) is 0.882. The molecule has 1 fully saturated rings. The van der Waals surface area contributed by atoms with Crippen LogP contribution in [0.15, 0.2) is 24.3 Å². The molecule has 0 amide bonds. The molecular formula is C51H95O13P. The van der Waals surface area contributed by atoms with Gasteiger partial charge in [0.05, 0.1) is 6.61 Å². The molecule has 1 rings (SSSR count). The van der Waals surface area contributed by atoms with E-state index in [1.165, 1.54) is 148 Å². The Hall–Kier alpha value is -1.67. The molecule has 0 aliphatic heterocycles. The van der Waals surface area contributed by atoms with Crippen molar-refractivity contribution >= 4 is 19.8 Å². The molecule has 8 atom stereocenters. The third-order valence-electron chi connectivity index (χ3n) is 12.3. The SMILES string of the molecule is CCCCCCCC/C=C/C/C=C/CCCCC(=O)O[C@@H](COC(=O)CCCCCCCCCCCCCCCCCCCCCCC)COP(=O)(O)OC1C(O)C(O)C(O)[C@H](O)C1O. The molecule has 6 unspecified atom stereocenters. The van der Waals surface area contributed by atoms with Gasteiger partial charge in [-0.25, -0.2) is 4.57 Å². The van der Waals surface area contributed by atoms with Gasteiger partial charge >= 0.3 is 19.8 Å². The first-order valence-corrected chi connectivity index (χ1v) is 27.6. The van der Waals surface area contributed by atoms with E-state index < -0.39 is 75.7 Å². The molecule has 0 spiro atoms. The molecule has 0 radical (unpaired) electrons. The predicted octanol–water partition coefficient (Wildman–Crippen LogP) is 11.2. The van der Waals surface area contributed by atoms with Gasteiger partial charge in [-0.05, 0) is 44.9 Å². The molecule has 0 aromatic carbocycles. The maximum Gasteiger partial charge on any atom is 0.472 e. The fourth-order valence-corrected chi connectivity index (χ4v) is 9.06. The third kappa shape index (κ3) is 33.5. The molecule has 0 aromatic rings. The zero-order valence-corrected chi connectivity index (χ0v) is 41.7. The van der Waals surface area contributed by atoms with Crippen LogP contribution in [0.4, 0.5) is 0 Å². The molecule has 0 saturated heterocycles. The van der Waals surface area contributed by atoms with Gasteiger partial charge in [0.2, 0.25) is 0 Å². The van der Waals surface area contributed by atoms with Gasteiger partial charge in [0.25, 0.3) is 0 Å². The smallest absolute Gasteiger partial charge is 0.462 e. The average molecular weight is 947 g/mol. The van der Waals surface area contributed by atoms with Crippen LogP contribution in [0.25, 0.3) is 0 Å². The average Bonchev–Trinajstić information content (AvgIpc) is 3.29. The molecule has 6 N–H and O–H groups in total. The molecule has 0 heterocycles. The Morgan fingerprint density at radius 3 is 1.28 bits per heavy atom. The van der Waals surface area contributed by atoms with Crippen LogP contribution in [0.2, 0.25) is 0 Å². The molecule has 382 valence electrons. The van der Waals surface area contributed by atoms with Crippen LogP contribution < -0.4 is 0 Å². The molecular weight excluding hydrogens is 852 g/mol. The molecule has 13 nitrogen and oxygen atoms in total. The quantitative estimate of drug-likeness (QED) is 0.0146. The number of hydrogen-bond donors (Lipinski definition) is 6. The van der Waals surface area contributed by atoms with E-state index in [1.807, 2.05) is 0 Å². The summed E-state index contributed by atoms with van der Waals surface area (Å²) >= 11 is 0. The van der Waals surface area contributed by atoms with Gasteiger partial charge in [0.15, 0.2) is 6.10 Å². The Labute approximate surface area is 394 Å². The van der Waals surface area contributed by atoms with E-state index in [0.717, 1.165) is 44.9 Å². The van der Waals surface area contributed by atoms with Crippen molar-refractivity contribution in [2.45, 2.75) is 275 Å². The van der Waals surface area contributed by atoms with E-state index in [9.17, 15) is 44.6 Å². The largest absolute Gasteiger partial charge is 0.472 e. The van der Waals surface area contributed by atoms with E-state index in [0.29, 0.717) is 12.8 Å². The minimum Gasteiger partial charge on any atom is -0.462 e. The highest BCUT2D eigenvalue weighted by molar-refractivity contribution is 7.47. The van der Waals surface area contributed by atoms with Gasteiger partial charge in [0.1, 0.15) is 43.2 Å². The summed E-state index contributed by atoms with van der Waals surface area (Å²) in [5, 5.41) is 50.2. The number of esters is 2. The Kier molecular flexibility index (Phi) is 39.0. The summed E-state index contributed by atoms with van der Waals surface area (Å²) in [5.41, 5.74) is 0. The van der Waals surface area contributed by atoms with Crippen LogP contribution >= 0.6 is 7.82 Å². The van der Waals surface area contributed by atoms with Crippen molar-refractivity contribution in [3.63, 3.8) is 0 Å². The highest BCUT2D eigenvalue weighted by atomic mass is 31.2. The summed E-state index contributed by atoms with van der Waals surface area (Å²) in [6.45, 7) is 3.30. The zero-order chi connectivity index (χ0) is 47.8. The Bertz CT molecular complexity index is 1230. The minimum atomic E-state index is -5.13.